The van der Waals surface area contributed by atoms with Crippen LogP contribution in [0.4, 0.5) is 0 Å². The summed E-state index contributed by atoms with van der Waals surface area (Å²) in [4.78, 5) is 0. The van der Waals surface area contributed by atoms with E-state index in [0.717, 1.165) is 6.42 Å². The van der Waals surface area contributed by atoms with Gasteiger partial charge in [0.2, 0.25) is 0 Å². The molecule has 0 spiro atoms. The Labute approximate surface area is 189 Å². The third kappa shape index (κ3) is 5.55. The van der Waals surface area contributed by atoms with E-state index in [1.165, 1.54) is 36.2 Å². The van der Waals surface area contributed by atoms with Gasteiger partial charge in [-0.15, -0.1) is 40.6 Å². The molecule has 1 atom stereocenters. The molecule has 0 bridgehead atoms. The largest absolute Gasteiger partial charge is 1.00 e. The van der Waals surface area contributed by atoms with E-state index in [2.05, 4.69) is 80.6 Å². The van der Waals surface area contributed by atoms with Crippen LogP contribution in [0.1, 0.15) is 42.9 Å². The number of aliphatic hydroxyl groups is 1. The maximum absolute atomic E-state index is 9.30. The van der Waals surface area contributed by atoms with E-state index in [0.29, 0.717) is 5.92 Å². The predicted molar refractivity (Wildman–Crippen MR) is 104 cm³/mol. The van der Waals surface area contributed by atoms with Gasteiger partial charge >= 0.3 is 41.3 Å². The van der Waals surface area contributed by atoms with Crippen molar-refractivity contribution in [1.29, 1.82) is 0 Å². The van der Waals surface area contributed by atoms with Gasteiger partial charge in [0.25, 0.3) is 0 Å². The van der Waals surface area contributed by atoms with Crippen LogP contribution in [0.3, 0.4) is 0 Å². The number of fused-ring (bicyclic) bond motifs is 2. The predicted octanol–water partition coefficient (Wildman–Crippen LogP) is -0.777. The summed E-state index contributed by atoms with van der Waals surface area (Å²) < 4.78 is 1.51. The number of aliphatic hydroxyl groups excluding tert-OH is 1. The fourth-order valence-corrected chi connectivity index (χ4v) is 3.48. The number of allylic oxidation sites excluding steroid dienone is 1. The maximum Gasteiger partial charge on any atom is 0.0471 e. The van der Waals surface area contributed by atoms with Crippen molar-refractivity contribution in [2.45, 2.75) is 26.2 Å². The number of halogens is 2. The van der Waals surface area contributed by atoms with Crippen LogP contribution in [0.5, 0.6) is 0 Å². The van der Waals surface area contributed by atoms with Crippen molar-refractivity contribution in [3.63, 3.8) is 0 Å². The molecule has 3 aromatic carbocycles. The Morgan fingerprint density at radius 1 is 1.00 bits per heavy atom. The van der Waals surface area contributed by atoms with Gasteiger partial charge in [0.1, 0.15) is 0 Å². The molecule has 1 aliphatic rings. The topological polar surface area (TPSA) is 20.2 Å². The van der Waals surface area contributed by atoms with Gasteiger partial charge in [-0.05, 0) is 29.0 Å². The van der Waals surface area contributed by atoms with Gasteiger partial charge in [0, 0.05) is 6.61 Å². The molecule has 4 heteroatoms. The van der Waals surface area contributed by atoms with E-state index in [9.17, 15) is 5.11 Å². The van der Waals surface area contributed by atoms with Gasteiger partial charge in [-0.25, -0.2) is 0 Å². The van der Waals surface area contributed by atoms with Crippen molar-refractivity contribution in [3.8, 4) is 0 Å². The third-order valence-electron chi connectivity index (χ3n) is 4.44. The fraction of sp³-hybridized carbons (Fsp3) is 0.217. The zero-order chi connectivity index (χ0) is 17.8. The van der Waals surface area contributed by atoms with Crippen molar-refractivity contribution in [2.24, 2.45) is 0 Å². The standard InChI is InChI=1S/C20H17O.C3H6.2ClH.Zr/c21-12-11-15-13-20(18-8-4-3-7-17(15)18)19-10-9-14-5-1-2-6-16(14)19;1-3-2;;;/h1-10,13,20-21H,11-12H2;1-2H3;2*1H;/q-1;;;;+2/p-2. The molecule has 0 radical (unpaired) electrons. The van der Waals surface area contributed by atoms with E-state index in [4.69, 9.17) is 0 Å². The Kier molecular flexibility index (Phi) is 9.98. The zero-order valence-electron chi connectivity index (χ0n) is 15.5. The molecule has 0 aromatic heterocycles. The normalized spacial score (nSPS) is 14.3. The Bertz CT molecular complexity index is 923. The molecule has 1 aliphatic carbocycles. The van der Waals surface area contributed by atoms with Crippen LogP contribution in [0, 0.1) is 0 Å². The molecule has 0 saturated heterocycles. The minimum Gasteiger partial charge on any atom is -1.00 e. The van der Waals surface area contributed by atoms with Gasteiger partial charge in [-0.2, -0.15) is 6.07 Å². The molecule has 140 valence electrons. The molecule has 1 unspecified atom stereocenters. The maximum atomic E-state index is 9.30. The summed E-state index contributed by atoms with van der Waals surface area (Å²) in [5.41, 5.74) is 5.29. The second-order valence-electron chi connectivity index (χ2n) is 6.61. The van der Waals surface area contributed by atoms with E-state index >= 15 is 0 Å². The van der Waals surface area contributed by atoms with E-state index in [1.54, 1.807) is 24.2 Å². The van der Waals surface area contributed by atoms with Crippen molar-refractivity contribution >= 4 is 19.6 Å². The Hall–Kier alpha value is -0.917. The quantitative estimate of drug-likeness (QED) is 0.491. The average Bonchev–Trinajstić information content (AvgIpc) is 3.17. The molecular weight excluding hydrogens is 454 g/mol. The molecule has 4 rings (SSSR count). The first kappa shape index (κ1) is 24.1. The summed E-state index contributed by atoms with van der Waals surface area (Å²) in [6.45, 7) is 4.45. The second-order valence-corrected chi connectivity index (χ2v) is 9.06. The minimum atomic E-state index is 0. The molecule has 0 fully saturated rings. The van der Waals surface area contributed by atoms with Crippen LogP contribution in [0.25, 0.3) is 16.3 Å². The number of benzene rings is 2. The molecule has 0 saturated carbocycles. The number of rotatable bonds is 3. The van der Waals surface area contributed by atoms with Gasteiger partial charge < -0.3 is 29.9 Å². The van der Waals surface area contributed by atoms with Gasteiger partial charge in [-0.1, -0.05) is 36.4 Å². The summed E-state index contributed by atoms with van der Waals surface area (Å²) >= 11 is 1.55. The Balaban J connectivity index is 0.000000558. The molecule has 27 heavy (non-hydrogen) atoms. The summed E-state index contributed by atoms with van der Waals surface area (Å²) in [5, 5.41) is 11.9. The third-order valence-corrected chi connectivity index (χ3v) is 4.44. The Morgan fingerprint density at radius 2 is 1.63 bits per heavy atom. The van der Waals surface area contributed by atoms with Crippen molar-refractivity contribution in [3.05, 3.63) is 83.4 Å². The smallest absolute Gasteiger partial charge is 0.0471 e. The molecular formula is C23H23Cl2OZr-. The summed E-state index contributed by atoms with van der Waals surface area (Å²) in [6.07, 6.45) is 3.05. The SMILES string of the molecule is C[C](C)=[Zr+2].OCCC1=CC([c-]2ccc3ccccc32)c2ccccc21.[Cl-].[Cl-]. The van der Waals surface area contributed by atoms with Crippen LogP contribution in [-0.2, 0) is 24.2 Å². The van der Waals surface area contributed by atoms with Crippen molar-refractivity contribution in [1.82, 2.24) is 0 Å². The first-order valence-corrected chi connectivity index (χ1v) is 9.91. The minimum absolute atomic E-state index is 0. The van der Waals surface area contributed by atoms with E-state index in [1.807, 2.05) is 0 Å². The van der Waals surface area contributed by atoms with Crippen molar-refractivity contribution in [2.75, 3.05) is 6.61 Å². The van der Waals surface area contributed by atoms with Crippen molar-refractivity contribution < 1.29 is 54.2 Å². The molecule has 3 aromatic rings. The van der Waals surface area contributed by atoms with Crippen LogP contribution in [0.2, 0.25) is 0 Å². The van der Waals surface area contributed by atoms with E-state index in [-0.39, 0.29) is 31.4 Å². The molecule has 1 N–H and O–H groups in total. The molecule has 1 nitrogen and oxygen atoms in total. The molecule has 0 amide bonds. The van der Waals surface area contributed by atoms with Crippen LogP contribution >= 0.6 is 0 Å². The summed E-state index contributed by atoms with van der Waals surface area (Å²) in [6, 6.07) is 21.6. The number of hydrogen-bond acceptors (Lipinski definition) is 1. The van der Waals surface area contributed by atoms with E-state index < -0.39 is 0 Å². The summed E-state index contributed by atoms with van der Waals surface area (Å²) in [7, 11) is 0. The number of hydrogen-bond donors (Lipinski definition) is 1. The second kappa shape index (κ2) is 11.2. The fourth-order valence-electron chi connectivity index (χ4n) is 3.48. The first-order chi connectivity index (χ1) is 12.1. The average molecular weight is 478 g/mol. The zero-order valence-corrected chi connectivity index (χ0v) is 19.5. The van der Waals surface area contributed by atoms with Crippen LogP contribution < -0.4 is 24.8 Å². The van der Waals surface area contributed by atoms with Crippen LogP contribution in [-0.4, -0.2) is 14.9 Å². The molecule has 0 heterocycles. The van der Waals surface area contributed by atoms with Gasteiger partial charge in [0.05, 0.1) is 0 Å². The van der Waals surface area contributed by atoms with Gasteiger partial charge in [0.15, 0.2) is 0 Å². The Morgan fingerprint density at radius 3 is 2.33 bits per heavy atom. The van der Waals surface area contributed by atoms with Crippen LogP contribution in [0.15, 0.2) is 66.7 Å². The van der Waals surface area contributed by atoms with Gasteiger partial charge in [-0.3, -0.25) is 0 Å². The molecule has 0 aliphatic heterocycles. The monoisotopic (exact) mass is 475 g/mol. The summed E-state index contributed by atoms with van der Waals surface area (Å²) in [5.74, 6) is 0.308. The first-order valence-electron chi connectivity index (χ1n) is 8.68.